The number of hydrogen-bond donors (Lipinski definition) is 4. The summed E-state index contributed by atoms with van der Waals surface area (Å²) < 4.78 is 20.1. The second-order valence-electron chi connectivity index (χ2n) is 9.12. The molecule has 0 aliphatic heterocycles. The van der Waals surface area contributed by atoms with Crippen LogP contribution in [0.4, 0.5) is 19.2 Å². The number of imide groups is 4. The zero-order valence-corrected chi connectivity index (χ0v) is 24.4. The largest absolute Gasteiger partial charge is 0.445 e. The zero-order chi connectivity index (χ0) is 33.3. The Morgan fingerprint density at radius 1 is 0.488 bits per heavy atom. The average Bonchev–Trinajstić information content (AvgIpc) is 2.89. The molecular weight excluding hydrogens is 572 g/mol. The summed E-state index contributed by atoms with van der Waals surface area (Å²) in [4.78, 5) is 94.9. The van der Waals surface area contributed by atoms with Crippen LogP contribution in [0.5, 0.6) is 0 Å². The maximum absolute atomic E-state index is 12.2. The lowest BCUT2D eigenvalue weighted by molar-refractivity contribution is -0.118. The van der Waals surface area contributed by atoms with E-state index in [9.17, 15) is 38.4 Å². The minimum Gasteiger partial charge on any atom is -0.445 e. The lowest BCUT2D eigenvalue weighted by Gasteiger charge is -2.21. The van der Waals surface area contributed by atoms with Gasteiger partial charge in [0.2, 0.25) is 0 Å². The molecular formula is C27H36N4O12. The monoisotopic (exact) mass is 608 g/mol. The molecule has 0 aromatic heterocycles. The first-order valence-electron chi connectivity index (χ1n) is 12.5. The maximum atomic E-state index is 12.2. The van der Waals surface area contributed by atoms with E-state index in [1.807, 2.05) is 21.3 Å². The summed E-state index contributed by atoms with van der Waals surface area (Å²) in [5, 5.41) is 7.63. The Balaban J connectivity index is 5.49. The number of alkyl carbamates (subject to hydrolysis) is 4. The van der Waals surface area contributed by atoms with Crippen LogP contribution in [-0.4, -0.2) is 73.4 Å². The first-order chi connectivity index (χ1) is 19.9. The fraction of sp³-hybridized carbons (Fsp3) is 0.407. The molecule has 0 bridgehead atoms. The predicted molar refractivity (Wildman–Crippen MR) is 149 cm³/mol. The van der Waals surface area contributed by atoms with Gasteiger partial charge in [0, 0.05) is 22.3 Å². The highest BCUT2D eigenvalue weighted by atomic mass is 16.6. The fourth-order valence-electron chi connectivity index (χ4n) is 2.49. The Morgan fingerprint density at radius 2 is 0.744 bits per heavy atom. The highest BCUT2D eigenvalue weighted by Gasteiger charge is 2.23. The molecule has 236 valence electrons. The molecule has 43 heavy (non-hydrogen) atoms. The van der Waals surface area contributed by atoms with Crippen LogP contribution in [-0.2, 0) is 38.1 Å². The van der Waals surface area contributed by atoms with Crippen molar-refractivity contribution < 1.29 is 57.3 Å². The van der Waals surface area contributed by atoms with E-state index >= 15 is 0 Å². The van der Waals surface area contributed by atoms with Crippen LogP contribution in [0, 0.1) is 0 Å². The number of rotatable bonds is 14. The number of amides is 8. The molecule has 2 unspecified atom stereocenters. The molecule has 0 heterocycles. The standard InChI is InChI=1S/C27H36N4O12/c1-14(2)20(32)28-24(36)40-12-18(42-26(38)30-22(34)16(5)6)10-9-11-19(43-27(39)31-23(35)17(7)8)13-41-25(37)29-21(33)15(3)4/h18-19H,1,3,5,7,9-13H2,2,4,6,8H3,(H,28,32,36)(H,29,33,37)(H,30,34,38)(H,31,35,39). The van der Waals surface area contributed by atoms with Crippen molar-refractivity contribution in [1.29, 1.82) is 0 Å². The Kier molecular flexibility index (Phi) is 16.6. The summed E-state index contributed by atoms with van der Waals surface area (Å²) >= 11 is 0. The Morgan fingerprint density at radius 3 is 1.00 bits per heavy atom. The maximum Gasteiger partial charge on any atom is 0.414 e. The highest BCUT2D eigenvalue weighted by Crippen LogP contribution is 2.12. The summed E-state index contributed by atoms with van der Waals surface area (Å²) in [6, 6.07) is 0. The van der Waals surface area contributed by atoms with Crippen molar-refractivity contribution in [3.05, 3.63) is 48.6 Å². The number of carbonyl (C=O) groups is 8. The summed E-state index contributed by atoms with van der Waals surface area (Å²) in [7, 11) is 0. The third-order valence-corrected chi connectivity index (χ3v) is 4.81. The van der Waals surface area contributed by atoms with Gasteiger partial charge in [-0.25, -0.2) is 19.2 Å². The van der Waals surface area contributed by atoms with Crippen molar-refractivity contribution in [3.63, 3.8) is 0 Å². The second-order valence-corrected chi connectivity index (χ2v) is 9.12. The van der Waals surface area contributed by atoms with Crippen LogP contribution in [0.1, 0.15) is 47.0 Å². The molecule has 2 atom stereocenters. The zero-order valence-electron chi connectivity index (χ0n) is 24.4. The van der Waals surface area contributed by atoms with Gasteiger partial charge in [0.05, 0.1) is 0 Å². The van der Waals surface area contributed by atoms with Crippen LogP contribution >= 0.6 is 0 Å². The van der Waals surface area contributed by atoms with E-state index in [0.29, 0.717) is 0 Å². The van der Waals surface area contributed by atoms with Gasteiger partial charge in [-0.1, -0.05) is 26.3 Å². The fourth-order valence-corrected chi connectivity index (χ4v) is 2.49. The van der Waals surface area contributed by atoms with Crippen molar-refractivity contribution in [2.45, 2.75) is 59.2 Å². The molecule has 16 heteroatoms. The van der Waals surface area contributed by atoms with Crippen LogP contribution < -0.4 is 21.3 Å². The molecule has 0 fully saturated rings. The van der Waals surface area contributed by atoms with Crippen molar-refractivity contribution in [3.8, 4) is 0 Å². The van der Waals surface area contributed by atoms with E-state index < -0.39 is 73.4 Å². The Labute approximate surface area is 247 Å². The first kappa shape index (κ1) is 37.7. The van der Waals surface area contributed by atoms with Gasteiger partial charge in [0.25, 0.3) is 23.6 Å². The Hall–Kier alpha value is -5.28. The molecule has 0 aromatic rings. The second kappa shape index (κ2) is 19.0. The van der Waals surface area contributed by atoms with Gasteiger partial charge < -0.3 is 18.9 Å². The lowest BCUT2D eigenvalue weighted by atomic mass is 10.1. The van der Waals surface area contributed by atoms with E-state index in [2.05, 4.69) is 26.3 Å². The smallest absolute Gasteiger partial charge is 0.414 e. The highest BCUT2D eigenvalue weighted by molar-refractivity contribution is 6.03. The van der Waals surface area contributed by atoms with Crippen molar-refractivity contribution in [1.82, 2.24) is 21.3 Å². The molecule has 16 nitrogen and oxygen atoms in total. The van der Waals surface area contributed by atoms with Gasteiger partial charge in [0.1, 0.15) is 25.4 Å². The SMILES string of the molecule is C=C(C)C(=O)NC(=O)OCC(CCCC(COC(=O)NC(=O)C(=C)C)OC(=O)NC(=O)C(=C)C)OC(=O)NC(=O)C(=C)C. The molecule has 0 saturated carbocycles. The third kappa shape index (κ3) is 17.2. The van der Waals surface area contributed by atoms with E-state index in [1.54, 1.807) is 0 Å². The average molecular weight is 609 g/mol. The lowest BCUT2D eigenvalue weighted by Crippen LogP contribution is -2.38. The number of carbonyl (C=O) groups excluding carboxylic acids is 8. The van der Waals surface area contributed by atoms with E-state index in [4.69, 9.17) is 18.9 Å². The van der Waals surface area contributed by atoms with Gasteiger partial charge in [0.15, 0.2) is 0 Å². The van der Waals surface area contributed by atoms with Gasteiger partial charge in [-0.05, 0) is 47.0 Å². The quantitative estimate of drug-likeness (QED) is 0.165. The van der Waals surface area contributed by atoms with Gasteiger partial charge in [-0.2, -0.15) is 0 Å². The molecule has 0 rings (SSSR count). The summed E-state index contributed by atoms with van der Waals surface area (Å²) in [5.41, 5.74) is 0.0874. The Bertz CT molecular complexity index is 1100. The van der Waals surface area contributed by atoms with Crippen molar-refractivity contribution >= 4 is 48.0 Å². The molecule has 8 amide bonds. The van der Waals surface area contributed by atoms with Crippen LogP contribution in [0.3, 0.4) is 0 Å². The molecule has 0 aromatic carbocycles. The summed E-state index contributed by atoms with van der Waals surface area (Å²) in [5.74, 6) is -3.24. The molecule has 0 spiro atoms. The molecule has 4 N–H and O–H groups in total. The van der Waals surface area contributed by atoms with Crippen LogP contribution in [0.25, 0.3) is 0 Å². The van der Waals surface area contributed by atoms with Crippen LogP contribution in [0.2, 0.25) is 0 Å². The number of ether oxygens (including phenoxy) is 4. The minimum absolute atomic E-state index is 0.0137. The molecule has 0 saturated heterocycles. The van der Waals surface area contributed by atoms with Gasteiger partial charge >= 0.3 is 24.4 Å². The minimum atomic E-state index is -1.19. The topological polar surface area (TPSA) is 222 Å². The van der Waals surface area contributed by atoms with Gasteiger partial charge in [-0.3, -0.25) is 40.4 Å². The third-order valence-electron chi connectivity index (χ3n) is 4.81. The van der Waals surface area contributed by atoms with E-state index in [0.717, 1.165) is 0 Å². The number of hydrogen-bond acceptors (Lipinski definition) is 12. The summed E-state index contributed by atoms with van der Waals surface area (Å²) in [6.45, 7) is 17.8. The normalized spacial score (nSPS) is 11.3. The number of nitrogens with one attached hydrogen (secondary N) is 4. The molecule has 0 aliphatic carbocycles. The summed E-state index contributed by atoms with van der Waals surface area (Å²) in [6.07, 6.45) is -7.13. The first-order valence-corrected chi connectivity index (χ1v) is 12.5. The van der Waals surface area contributed by atoms with E-state index in [-0.39, 0.29) is 41.6 Å². The van der Waals surface area contributed by atoms with Crippen molar-refractivity contribution in [2.24, 2.45) is 0 Å². The predicted octanol–water partition coefficient (Wildman–Crippen LogP) is 2.21. The van der Waals surface area contributed by atoms with Gasteiger partial charge in [-0.15, -0.1) is 0 Å². The van der Waals surface area contributed by atoms with E-state index in [1.165, 1.54) is 27.7 Å². The van der Waals surface area contributed by atoms with Crippen LogP contribution in [0.15, 0.2) is 48.6 Å². The van der Waals surface area contributed by atoms with Crippen molar-refractivity contribution in [2.75, 3.05) is 13.2 Å². The molecule has 0 radical (unpaired) electrons. The molecule has 0 aliphatic rings.